The van der Waals surface area contributed by atoms with E-state index in [-0.39, 0.29) is 24.1 Å². The number of aromatic nitrogens is 2. The molecule has 1 aliphatic rings. The number of halogens is 1. The van der Waals surface area contributed by atoms with Crippen LogP contribution >= 0.6 is 0 Å². The fourth-order valence-electron chi connectivity index (χ4n) is 4.47. The standard InChI is InChI=1S/C30H29FN4O4/c1-34(18-20-9-5-4-6-10-20)30-32-26-13-14-35(29(36)21-15-22(37-2)17-23(16-21)38-3)19-24(26)28(33-30)39-27-12-8-7-11-25(27)31/h4-12,15-17H,13-14,18-19H2,1-3H3. The number of para-hydroxylation sites is 1. The Balaban J connectivity index is 1.48. The van der Waals surface area contributed by atoms with Gasteiger partial charge in [-0.3, -0.25) is 4.79 Å². The second-order valence-corrected chi connectivity index (χ2v) is 9.21. The van der Waals surface area contributed by atoms with Gasteiger partial charge in [0.2, 0.25) is 11.8 Å². The van der Waals surface area contributed by atoms with E-state index in [0.717, 1.165) is 11.3 Å². The molecule has 0 N–H and O–H groups in total. The first kappa shape index (κ1) is 26.0. The Morgan fingerprint density at radius 1 is 0.974 bits per heavy atom. The molecule has 0 fully saturated rings. The second kappa shape index (κ2) is 11.4. The molecule has 3 aromatic carbocycles. The first-order chi connectivity index (χ1) is 18.9. The summed E-state index contributed by atoms with van der Waals surface area (Å²) in [6.07, 6.45) is 0.491. The number of fused-ring (bicyclic) bond motifs is 1. The fourth-order valence-corrected chi connectivity index (χ4v) is 4.47. The van der Waals surface area contributed by atoms with Gasteiger partial charge in [0.25, 0.3) is 5.91 Å². The summed E-state index contributed by atoms with van der Waals surface area (Å²) in [5, 5.41) is 0. The molecule has 0 saturated heterocycles. The highest BCUT2D eigenvalue weighted by Crippen LogP contribution is 2.33. The molecule has 0 radical (unpaired) electrons. The monoisotopic (exact) mass is 528 g/mol. The predicted molar refractivity (Wildman–Crippen MR) is 145 cm³/mol. The Kier molecular flexibility index (Phi) is 7.58. The minimum absolute atomic E-state index is 0.0519. The number of rotatable bonds is 8. The highest BCUT2D eigenvalue weighted by Gasteiger charge is 2.29. The molecular weight excluding hydrogens is 499 g/mol. The summed E-state index contributed by atoms with van der Waals surface area (Å²) in [5.41, 5.74) is 2.94. The highest BCUT2D eigenvalue weighted by molar-refractivity contribution is 5.95. The molecule has 0 spiro atoms. The van der Waals surface area contributed by atoms with Gasteiger partial charge in [0, 0.05) is 38.2 Å². The molecule has 39 heavy (non-hydrogen) atoms. The maximum absolute atomic E-state index is 14.6. The molecule has 8 nitrogen and oxygen atoms in total. The van der Waals surface area contributed by atoms with Crippen molar-refractivity contribution in [2.75, 3.05) is 32.7 Å². The average molecular weight is 529 g/mol. The molecule has 0 saturated carbocycles. The molecule has 2 heterocycles. The van der Waals surface area contributed by atoms with Crippen molar-refractivity contribution in [1.82, 2.24) is 14.9 Å². The average Bonchev–Trinajstić information content (AvgIpc) is 2.97. The molecule has 0 unspecified atom stereocenters. The van der Waals surface area contributed by atoms with E-state index in [2.05, 4.69) is 4.98 Å². The molecule has 200 valence electrons. The van der Waals surface area contributed by atoms with Gasteiger partial charge in [-0.1, -0.05) is 42.5 Å². The largest absolute Gasteiger partial charge is 0.497 e. The van der Waals surface area contributed by atoms with Gasteiger partial charge in [-0.25, -0.2) is 9.37 Å². The lowest BCUT2D eigenvalue weighted by Crippen LogP contribution is -2.37. The van der Waals surface area contributed by atoms with Gasteiger partial charge in [0.1, 0.15) is 11.5 Å². The smallest absolute Gasteiger partial charge is 0.254 e. The number of nitrogens with zero attached hydrogens (tertiary/aromatic N) is 4. The Morgan fingerprint density at radius 3 is 2.36 bits per heavy atom. The normalized spacial score (nSPS) is 12.5. The minimum atomic E-state index is -0.503. The van der Waals surface area contributed by atoms with Crippen LogP contribution in [0.4, 0.5) is 10.3 Å². The van der Waals surface area contributed by atoms with E-state index in [9.17, 15) is 9.18 Å². The van der Waals surface area contributed by atoms with Crippen LogP contribution in [0.15, 0.2) is 72.8 Å². The Morgan fingerprint density at radius 2 is 1.67 bits per heavy atom. The van der Waals surface area contributed by atoms with Gasteiger partial charge in [0.05, 0.1) is 32.0 Å². The zero-order valence-corrected chi connectivity index (χ0v) is 22.1. The van der Waals surface area contributed by atoms with Gasteiger partial charge in [-0.15, -0.1) is 0 Å². The van der Waals surface area contributed by atoms with Crippen LogP contribution in [0.5, 0.6) is 23.1 Å². The van der Waals surface area contributed by atoms with E-state index < -0.39 is 5.82 Å². The Labute approximate surface area is 226 Å². The molecule has 1 amide bonds. The van der Waals surface area contributed by atoms with Crippen LogP contribution in [-0.2, 0) is 19.5 Å². The summed E-state index contributed by atoms with van der Waals surface area (Å²) >= 11 is 0. The lowest BCUT2D eigenvalue weighted by molar-refractivity contribution is 0.0731. The van der Waals surface area contributed by atoms with Crippen molar-refractivity contribution in [3.8, 4) is 23.1 Å². The number of amides is 1. The van der Waals surface area contributed by atoms with Gasteiger partial charge in [0.15, 0.2) is 11.6 Å². The number of carbonyl (C=O) groups excluding carboxylic acids is 1. The number of methoxy groups -OCH3 is 2. The maximum atomic E-state index is 14.6. The van der Waals surface area contributed by atoms with Crippen LogP contribution in [0.1, 0.15) is 27.2 Å². The summed E-state index contributed by atoms with van der Waals surface area (Å²) in [6.45, 7) is 1.24. The first-order valence-corrected chi connectivity index (χ1v) is 12.5. The number of anilines is 1. The van der Waals surface area contributed by atoms with E-state index in [1.54, 1.807) is 41.3 Å². The van der Waals surface area contributed by atoms with Crippen LogP contribution in [0.25, 0.3) is 0 Å². The number of ether oxygens (including phenoxy) is 3. The van der Waals surface area contributed by atoms with Crippen LogP contribution in [-0.4, -0.2) is 48.6 Å². The zero-order valence-electron chi connectivity index (χ0n) is 22.1. The van der Waals surface area contributed by atoms with Gasteiger partial charge < -0.3 is 24.0 Å². The summed E-state index contributed by atoms with van der Waals surface area (Å²) in [5.74, 6) is 1.08. The van der Waals surface area contributed by atoms with E-state index in [0.29, 0.717) is 48.1 Å². The van der Waals surface area contributed by atoms with Crippen LogP contribution in [0.3, 0.4) is 0 Å². The lowest BCUT2D eigenvalue weighted by Gasteiger charge is -2.30. The molecule has 1 aliphatic heterocycles. The Bertz CT molecular complexity index is 1460. The van der Waals surface area contributed by atoms with E-state index >= 15 is 0 Å². The maximum Gasteiger partial charge on any atom is 0.254 e. The van der Waals surface area contributed by atoms with Crippen molar-refractivity contribution in [2.24, 2.45) is 0 Å². The van der Waals surface area contributed by atoms with Crippen LogP contribution in [0, 0.1) is 5.82 Å². The third-order valence-corrected chi connectivity index (χ3v) is 6.54. The minimum Gasteiger partial charge on any atom is -0.497 e. The fraction of sp³-hybridized carbons (Fsp3) is 0.233. The van der Waals surface area contributed by atoms with Crippen molar-refractivity contribution in [3.63, 3.8) is 0 Å². The van der Waals surface area contributed by atoms with E-state index in [4.69, 9.17) is 19.2 Å². The lowest BCUT2D eigenvalue weighted by atomic mass is 10.0. The molecule has 1 aromatic heterocycles. The van der Waals surface area contributed by atoms with Gasteiger partial charge >= 0.3 is 0 Å². The molecule has 0 bridgehead atoms. The van der Waals surface area contributed by atoms with E-state index in [1.165, 1.54) is 20.3 Å². The van der Waals surface area contributed by atoms with Crippen LogP contribution in [0.2, 0.25) is 0 Å². The Hall–Kier alpha value is -4.66. The molecule has 5 rings (SSSR count). The van der Waals surface area contributed by atoms with E-state index in [1.807, 2.05) is 42.3 Å². The second-order valence-electron chi connectivity index (χ2n) is 9.21. The quantitative estimate of drug-likeness (QED) is 0.309. The van der Waals surface area contributed by atoms with Gasteiger partial charge in [-0.05, 0) is 29.8 Å². The van der Waals surface area contributed by atoms with Crippen molar-refractivity contribution >= 4 is 11.9 Å². The summed E-state index contributed by atoms with van der Waals surface area (Å²) in [6, 6.07) is 21.2. The third-order valence-electron chi connectivity index (χ3n) is 6.54. The number of carbonyl (C=O) groups is 1. The molecule has 9 heteroatoms. The molecule has 4 aromatic rings. The zero-order chi connectivity index (χ0) is 27.4. The molecule has 0 atom stereocenters. The van der Waals surface area contributed by atoms with Crippen molar-refractivity contribution in [1.29, 1.82) is 0 Å². The number of benzene rings is 3. The van der Waals surface area contributed by atoms with Crippen molar-refractivity contribution < 1.29 is 23.4 Å². The number of hydrogen-bond donors (Lipinski definition) is 0. The summed E-state index contributed by atoms with van der Waals surface area (Å²) in [7, 11) is 4.98. The third kappa shape index (κ3) is 5.77. The summed E-state index contributed by atoms with van der Waals surface area (Å²) < 4.78 is 31.3. The topological polar surface area (TPSA) is 77.0 Å². The van der Waals surface area contributed by atoms with Crippen molar-refractivity contribution in [2.45, 2.75) is 19.5 Å². The molecular formula is C30H29FN4O4. The highest BCUT2D eigenvalue weighted by atomic mass is 19.1. The summed E-state index contributed by atoms with van der Waals surface area (Å²) in [4.78, 5) is 26.6. The molecule has 0 aliphatic carbocycles. The predicted octanol–water partition coefficient (Wildman–Crippen LogP) is 5.26. The van der Waals surface area contributed by atoms with Gasteiger partial charge in [-0.2, -0.15) is 4.98 Å². The van der Waals surface area contributed by atoms with Crippen LogP contribution < -0.4 is 19.1 Å². The number of hydrogen-bond acceptors (Lipinski definition) is 7. The SMILES string of the molecule is COc1cc(OC)cc(C(=O)N2CCc3nc(N(C)Cc4ccccc4)nc(Oc4ccccc4F)c3C2)c1. The first-order valence-electron chi connectivity index (χ1n) is 12.5. The van der Waals surface area contributed by atoms with Crippen molar-refractivity contribution in [3.05, 3.63) is 101 Å².